The van der Waals surface area contributed by atoms with Gasteiger partial charge in [0.1, 0.15) is 0 Å². The van der Waals surface area contributed by atoms with Crippen molar-refractivity contribution in [3.05, 3.63) is 41.4 Å². The summed E-state index contributed by atoms with van der Waals surface area (Å²) in [6.07, 6.45) is 9.45. The summed E-state index contributed by atoms with van der Waals surface area (Å²) in [4.78, 5) is 33.6. The van der Waals surface area contributed by atoms with Crippen molar-refractivity contribution in [2.24, 2.45) is 5.73 Å². The first-order chi connectivity index (χ1) is 12.6. The van der Waals surface area contributed by atoms with Crippen molar-refractivity contribution >= 4 is 22.7 Å². The third-order valence-electron chi connectivity index (χ3n) is 5.73. The van der Waals surface area contributed by atoms with Gasteiger partial charge in [0.25, 0.3) is 5.91 Å². The first-order valence-corrected chi connectivity index (χ1v) is 9.33. The molecule has 1 fully saturated rings. The third kappa shape index (κ3) is 2.69. The number of aromatic amines is 1. The lowest BCUT2D eigenvalue weighted by molar-refractivity contribution is -0.127. The molecule has 0 saturated carbocycles. The van der Waals surface area contributed by atoms with Crippen LogP contribution in [0.15, 0.2) is 18.9 Å². The van der Waals surface area contributed by atoms with Crippen molar-refractivity contribution in [1.82, 2.24) is 14.9 Å². The Morgan fingerprint density at radius 1 is 1.31 bits per heavy atom. The van der Waals surface area contributed by atoms with Gasteiger partial charge in [-0.2, -0.15) is 0 Å². The Labute approximate surface area is 152 Å². The van der Waals surface area contributed by atoms with E-state index >= 15 is 0 Å². The number of nitrogens with one attached hydrogen (secondary N) is 1. The number of carbonyl (C=O) groups excluding carboxylic acids is 2. The lowest BCUT2D eigenvalue weighted by atomic mass is 9.86. The van der Waals surface area contributed by atoms with E-state index in [1.807, 2.05) is 4.90 Å². The van der Waals surface area contributed by atoms with Crippen LogP contribution < -0.4 is 5.73 Å². The Balaban J connectivity index is 1.83. The number of aromatic nitrogens is 2. The van der Waals surface area contributed by atoms with E-state index in [1.54, 1.807) is 6.20 Å². The Kier molecular flexibility index (Phi) is 4.26. The molecule has 26 heavy (non-hydrogen) atoms. The number of carbonyl (C=O) groups is 2. The van der Waals surface area contributed by atoms with Crippen LogP contribution in [-0.2, 0) is 17.6 Å². The van der Waals surface area contributed by atoms with E-state index in [-0.39, 0.29) is 11.8 Å². The standard InChI is InChI=1S/C20H24N4O2/c1-2-16(25)24-9-5-6-12(11-24)14-10-22-19(20(21)26)18-17(14)13-7-3-4-8-15(13)23-18/h2,10,12,23H,1,3-9,11H2,(H2,21,26)/t12-/m1/s1. The molecule has 1 saturated heterocycles. The van der Waals surface area contributed by atoms with Crippen LogP contribution in [0.25, 0.3) is 10.9 Å². The van der Waals surface area contributed by atoms with Gasteiger partial charge >= 0.3 is 0 Å². The summed E-state index contributed by atoms with van der Waals surface area (Å²) in [6, 6.07) is 0. The molecule has 136 valence electrons. The summed E-state index contributed by atoms with van der Waals surface area (Å²) in [7, 11) is 0. The van der Waals surface area contributed by atoms with E-state index in [1.165, 1.54) is 17.3 Å². The van der Waals surface area contributed by atoms with Crippen LogP contribution in [0.1, 0.15) is 58.9 Å². The molecule has 0 aromatic carbocycles. The maximum atomic E-state index is 12.1. The Bertz CT molecular complexity index is 899. The average Bonchev–Trinajstić information content (AvgIpc) is 3.06. The van der Waals surface area contributed by atoms with Gasteiger partial charge in [-0.3, -0.25) is 9.59 Å². The van der Waals surface area contributed by atoms with E-state index in [4.69, 9.17) is 5.73 Å². The predicted octanol–water partition coefficient (Wildman–Crippen LogP) is 2.43. The second-order valence-corrected chi connectivity index (χ2v) is 7.29. The molecule has 1 atom stereocenters. The number of rotatable bonds is 3. The number of hydrogen-bond donors (Lipinski definition) is 2. The van der Waals surface area contributed by atoms with E-state index in [9.17, 15) is 9.59 Å². The summed E-state index contributed by atoms with van der Waals surface area (Å²) in [6.45, 7) is 5.03. The minimum absolute atomic E-state index is 0.0243. The van der Waals surface area contributed by atoms with Gasteiger partial charge in [0.2, 0.25) is 5.91 Å². The molecule has 4 rings (SSSR count). The Hall–Kier alpha value is -2.63. The highest BCUT2D eigenvalue weighted by molar-refractivity contribution is 6.05. The average molecular weight is 352 g/mol. The number of aryl methyl sites for hydroxylation is 2. The largest absolute Gasteiger partial charge is 0.364 e. The number of primary amides is 1. The monoisotopic (exact) mass is 352 g/mol. The van der Waals surface area contributed by atoms with Crippen LogP contribution in [0.5, 0.6) is 0 Å². The molecule has 2 aliphatic rings. The fourth-order valence-electron chi connectivity index (χ4n) is 4.50. The summed E-state index contributed by atoms with van der Waals surface area (Å²) in [5.41, 5.74) is 10.3. The maximum absolute atomic E-state index is 12.1. The molecule has 0 spiro atoms. The molecule has 0 bridgehead atoms. The van der Waals surface area contributed by atoms with Crippen LogP contribution in [-0.4, -0.2) is 39.8 Å². The second-order valence-electron chi connectivity index (χ2n) is 7.29. The van der Waals surface area contributed by atoms with Crippen molar-refractivity contribution in [2.75, 3.05) is 13.1 Å². The molecule has 2 aromatic rings. The quantitative estimate of drug-likeness (QED) is 0.831. The fraction of sp³-hybridized carbons (Fsp3) is 0.450. The zero-order chi connectivity index (χ0) is 18.3. The van der Waals surface area contributed by atoms with Crippen molar-refractivity contribution in [2.45, 2.75) is 44.4 Å². The number of amides is 2. The van der Waals surface area contributed by atoms with Gasteiger partial charge in [0.15, 0.2) is 5.69 Å². The van der Waals surface area contributed by atoms with Gasteiger partial charge in [-0.05, 0) is 55.7 Å². The van der Waals surface area contributed by atoms with E-state index in [0.29, 0.717) is 12.2 Å². The van der Waals surface area contributed by atoms with Gasteiger partial charge in [0, 0.05) is 36.3 Å². The summed E-state index contributed by atoms with van der Waals surface area (Å²) in [5, 5.41) is 1.11. The van der Waals surface area contributed by atoms with Crippen LogP contribution in [0.3, 0.4) is 0 Å². The van der Waals surface area contributed by atoms with Crippen molar-refractivity contribution in [1.29, 1.82) is 0 Å². The van der Waals surface area contributed by atoms with Crippen LogP contribution in [0, 0.1) is 0 Å². The Morgan fingerprint density at radius 3 is 2.88 bits per heavy atom. The van der Waals surface area contributed by atoms with Gasteiger partial charge < -0.3 is 15.6 Å². The molecule has 3 N–H and O–H groups in total. The van der Waals surface area contributed by atoms with Crippen LogP contribution in [0.4, 0.5) is 0 Å². The molecular formula is C20H24N4O2. The Morgan fingerprint density at radius 2 is 2.12 bits per heavy atom. The van der Waals surface area contributed by atoms with Crippen molar-refractivity contribution in [3.8, 4) is 0 Å². The highest BCUT2D eigenvalue weighted by Crippen LogP contribution is 2.38. The molecular weight excluding hydrogens is 328 g/mol. The zero-order valence-corrected chi connectivity index (χ0v) is 14.9. The summed E-state index contributed by atoms with van der Waals surface area (Å²) in [5.74, 6) is -0.317. The van der Waals surface area contributed by atoms with E-state index in [0.717, 1.165) is 61.5 Å². The molecule has 6 heteroatoms. The van der Waals surface area contributed by atoms with Crippen molar-refractivity contribution < 1.29 is 9.59 Å². The summed E-state index contributed by atoms with van der Waals surface area (Å²) >= 11 is 0. The van der Waals surface area contributed by atoms with Gasteiger partial charge in [-0.25, -0.2) is 4.98 Å². The smallest absolute Gasteiger partial charge is 0.269 e. The number of likely N-dealkylation sites (tertiary alicyclic amines) is 1. The van der Waals surface area contributed by atoms with Gasteiger partial charge in [-0.1, -0.05) is 6.58 Å². The molecule has 3 heterocycles. The normalized spacial score (nSPS) is 20.0. The number of hydrogen-bond acceptors (Lipinski definition) is 3. The SMILES string of the molecule is C=CC(=O)N1CCC[C@@H](c2cnc(C(N)=O)c3[nH]c4c(c23)CCCC4)C1. The first kappa shape index (κ1) is 16.8. The van der Waals surface area contributed by atoms with Crippen molar-refractivity contribution in [3.63, 3.8) is 0 Å². The molecule has 1 aliphatic heterocycles. The second kappa shape index (κ2) is 6.59. The number of nitrogens with two attached hydrogens (primary N) is 1. The topological polar surface area (TPSA) is 92.1 Å². The number of pyridine rings is 1. The molecule has 2 aromatic heterocycles. The molecule has 6 nitrogen and oxygen atoms in total. The zero-order valence-electron chi connectivity index (χ0n) is 14.9. The number of H-pyrrole nitrogens is 1. The number of nitrogens with zero attached hydrogens (tertiary/aromatic N) is 2. The van der Waals surface area contributed by atoms with E-state index < -0.39 is 5.91 Å². The molecule has 1 aliphatic carbocycles. The predicted molar refractivity (Wildman–Crippen MR) is 100 cm³/mol. The minimum atomic E-state index is -0.507. The molecule has 0 radical (unpaired) electrons. The number of fused-ring (bicyclic) bond motifs is 3. The third-order valence-corrected chi connectivity index (χ3v) is 5.73. The molecule has 0 unspecified atom stereocenters. The first-order valence-electron chi connectivity index (χ1n) is 9.33. The summed E-state index contributed by atoms with van der Waals surface area (Å²) < 4.78 is 0. The maximum Gasteiger partial charge on any atom is 0.269 e. The fourth-order valence-corrected chi connectivity index (χ4v) is 4.50. The molecule has 2 amide bonds. The van der Waals surface area contributed by atoms with Crippen LogP contribution in [0.2, 0.25) is 0 Å². The highest BCUT2D eigenvalue weighted by atomic mass is 16.2. The minimum Gasteiger partial charge on any atom is -0.364 e. The highest BCUT2D eigenvalue weighted by Gasteiger charge is 2.29. The number of piperidine rings is 1. The van der Waals surface area contributed by atoms with Gasteiger partial charge in [-0.15, -0.1) is 0 Å². The van der Waals surface area contributed by atoms with Crippen LogP contribution >= 0.6 is 0 Å². The van der Waals surface area contributed by atoms with Gasteiger partial charge in [0.05, 0.1) is 5.52 Å². The van der Waals surface area contributed by atoms with E-state index in [2.05, 4.69) is 16.5 Å². The lowest BCUT2D eigenvalue weighted by Gasteiger charge is -2.32. The lowest BCUT2D eigenvalue weighted by Crippen LogP contribution is -2.38.